The van der Waals surface area contributed by atoms with Crippen molar-refractivity contribution in [1.29, 1.82) is 0 Å². The van der Waals surface area contributed by atoms with E-state index >= 15 is 0 Å². The van der Waals surface area contributed by atoms with E-state index in [1.165, 1.54) is 12.1 Å². The van der Waals surface area contributed by atoms with Crippen molar-refractivity contribution >= 4 is 16.6 Å². The Bertz CT molecular complexity index is 1120. The van der Waals surface area contributed by atoms with Crippen LogP contribution in [0, 0.1) is 11.6 Å². The molecule has 5 rings (SSSR count). The summed E-state index contributed by atoms with van der Waals surface area (Å²) in [7, 11) is 0. The average Bonchev–Trinajstić information content (AvgIpc) is 2.76. The quantitative estimate of drug-likeness (QED) is 0.601. The molecule has 5 heteroatoms. The molecular formula is C25H23F2NO2. The van der Waals surface area contributed by atoms with Gasteiger partial charge >= 0.3 is 0 Å². The highest BCUT2D eigenvalue weighted by Gasteiger charge is 2.43. The maximum Gasteiger partial charge on any atom is 0.170 e. The second-order valence-corrected chi connectivity index (χ2v) is 8.39. The summed E-state index contributed by atoms with van der Waals surface area (Å²) >= 11 is 0. The Morgan fingerprint density at radius 3 is 2.57 bits per heavy atom. The highest BCUT2D eigenvalue weighted by molar-refractivity contribution is 6.06. The Kier molecular flexibility index (Phi) is 4.78. The van der Waals surface area contributed by atoms with Crippen LogP contribution in [-0.4, -0.2) is 35.9 Å². The number of likely N-dealkylation sites (tertiary alicyclic amines) is 1. The van der Waals surface area contributed by atoms with E-state index in [-0.39, 0.29) is 5.78 Å². The second kappa shape index (κ2) is 7.47. The smallest absolute Gasteiger partial charge is 0.170 e. The summed E-state index contributed by atoms with van der Waals surface area (Å²) in [6.45, 7) is 2.41. The van der Waals surface area contributed by atoms with Gasteiger partial charge in [-0.1, -0.05) is 36.4 Å². The van der Waals surface area contributed by atoms with Crippen LogP contribution in [0.2, 0.25) is 0 Å². The van der Waals surface area contributed by atoms with Crippen LogP contribution in [0.4, 0.5) is 8.78 Å². The van der Waals surface area contributed by atoms with Gasteiger partial charge in [-0.05, 0) is 35.6 Å². The van der Waals surface area contributed by atoms with E-state index in [2.05, 4.69) is 4.90 Å². The molecule has 0 unspecified atom stereocenters. The number of rotatable bonds is 3. The maximum absolute atomic E-state index is 13.4. The van der Waals surface area contributed by atoms with Crippen LogP contribution in [0.1, 0.15) is 35.2 Å². The van der Waals surface area contributed by atoms with E-state index in [1.807, 2.05) is 36.4 Å². The van der Waals surface area contributed by atoms with Crippen molar-refractivity contribution < 1.29 is 18.3 Å². The van der Waals surface area contributed by atoms with Crippen LogP contribution in [0.25, 0.3) is 10.8 Å². The first-order valence-corrected chi connectivity index (χ1v) is 10.4. The third-order valence-corrected chi connectivity index (χ3v) is 6.45. The average molecular weight is 407 g/mol. The van der Waals surface area contributed by atoms with E-state index in [0.717, 1.165) is 54.6 Å². The van der Waals surface area contributed by atoms with Crippen LogP contribution in [0.5, 0.6) is 5.75 Å². The number of carbonyl (C=O) groups is 1. The summed E-state index contributed by atoms with van der Waals surface area (Å²) in [4.78, 5) is 15.2. The predicted molar refractivity (Wildman–Crippen MR) is 112 cm³/mol. The van der Waals surface area contributed by atoms with E-state index in [1.54, 1.807) is 6.07 Å². The minimum Gasteiger partial charge on any atom is -0.485 e. The lowest BCUT2D eigenvalue weighted by Crippen LogP contribution is -2.51. The Hall–Kier alpha value is -2.79. The van der Waals surface area contributed by atoms with Gasteiger partial charge in [0.15, 0.2) is 17.4 Å². The molecule has 0 bridgehead atoms. The molecule has 0 radical (unpaired) electrons. The lowest BCUT2D eigenvalue weighted by atomic mass is 9.81. The molecule has 1 fully saturated rings. The fourth-order valence-electron chi connectivity index (χ4n) is 4.66. The SMILES string of the molecule is O=C1CC2(CCN(CCc3ccc(F)c(F)c3)CC2)Oc2c1ccc1ccccc21. The molecule has 0 aliphatic carbocycles. The number of benzene rings is 3. The van der Waals surface area contributed by atoms with Crippen molar-refractivity contribution in [1.82, 2.24) is 4.90 Å². The van der Waals surface area contributed by atoms with Crippen molar-refractivity contribution in [2.45, 2.75) is 31.3 Å². The summed E-state index contributed by atoms with van der Waals surface area (Å²) in [5, 5.41) is 2.06. The van der Waals surface area contributed by atoms with Gasteiger partial charge in [0.2, 0.25) is 0 Å². The maximum atomic E-state index is 13.4. The van der Waals surface area contributed by atoms with Crippen LogP contribution in [-0.2, 0) is 6.42 Å². The van der Waals surface area contributed by atoms with Crippen molar-refractivity contribution in [3.05, 3.63) is 77.4 Å². The molecule has 2 heterocycles. The van der Waals surface area contributed by atoms with Gasteiger partial charge in [-0.3, -0.25) is 4.79 Å². The third kappa shape index (κ3) is 3.47. The summed E-state index contributed by atoms with van der Waals surface area (Å²) < 4.78 is 33.1. The molecule has 0 aromatic heterocycles. The number of hydrogen-bond donors (Lipinski definition) is 0. The van der Waals surface area contributed by atoms with Crippen molar-refractivity contribution in [2.24, 2.45) is 0 Å². The van der Waals surface area contributed by atoms with Crippen molar-refractivity contribution in [3.8, 4) is 5.75 Å². The number of halogens is 2. The Labute approximate surface area is 174 Å². The summed E-state index contributed by atoms with van der Waals surface area (Å²) in [6.07, 6.45) is 2.63. The van der Waals surface area contributed by atoms with E-state index in [0.29, 0.717) is 18.4 Å². The van der Waals surface area contributed by atoms with Crippen LogP contribution in [0.15, 0.2) is 54.6 Å². The van der Waals surface area contributed by atoms with Gasteiger partial charge in [-0.25, -0.2) is 8.78 Å². The molecule has 0 N–H and O–H groups in total. The summed E-state index contributed by atoms with van der Waals surface area (Å²) in [6, 6.07) is 15.9. The van der Waals surface area contributed by atoms with Gasteiger partial charge in [0.25, 0.3) is 0 Å². The molecular weight excluding hydrogens is 384 g/mol. The fourth-order valence-corrected chi connectivity index (χ4v) is 4.66. The predicted octanol–water partition coefficient (Wildman–Crippen LogP) is 5.16. The first kappa shape index (κ1) is 19.2. The van der Waals surface area contributed by atoms with Gasteiger partial charge in [-0.15, -0.1) is 0 Å². The van der Waals surface area contributed by atoms with Crippen molar-refractivity contribution in [2.75, 3.05) is 19.6 Å². The molecule has 3 aromatic carbocycles. The highest BCUT2D eigenvalue weighted by atomic mass is 19.2. The lowest BCUT2D eigenvalue weighted by molar-refractivity contribution is -0.00754. The van der Waals surface area contributed by atoms with Crippen LogP contribution in [0.3, 0.4) is 0 Å². The Morgan fingerprint density at radius 2 is 1.77 bits per heavy atom. The first-order valence-electron chi connectivity index (χ1n) is 10.4. The number of ketones is 1. The molecule has 0 amide bonds. The zero-order valence-corrected chi connectivity index (χ0v) is 16.7. The van der Waals surface area contributed by atoms with E-state index < -0.39 is 17.2 Å². The minimum absolute atomic E-state index is 0.150. The molecule has 1 spiro atoms. The standard InChI is InChI=1S/C25H23F2NO2/c26-21-8-5-17(15-22(21)27)9-12-28-13-10-25(11-14-28)16-23(29)20-7-6-18-3-1-2-4-19(18)24(20)30-25/h1-8,15H,9-14,16H2. The van der Waals surface area contributed by atoms with Gasteiger partial charge in [0.05, 0.1) is 12.0 Å². The molecule has 3 aromatic rings. The number of nitrogens with zero attached hydrogens (tertiary/aromatic N) is 1. The molecule has 2 aliphatic rings. The number of carbonyl (C=O) groups excluding carboxylic acids is 1. The minimum atomic E-state index is -0.814. The molecule has 0 atom stereocenters. The van der Waals surface area contributed by atoms with Gasteiger partial charge in [0.1, 0.15) is 11.4 Å². The second-order valence-electron chi connectivity index (χ2n) is 8.39. The molecule has 0 saturated carbocycles. The fraction of sp³-hybridized carbons (Fsp3) is 0.320. The van der Waals surface area contributed by atoms with Crippen LogP contribution >= 0.6 is 0 Å². The Morgan fingerprint density at radius 1 is 0.967 bits per heavy atom. The molecule has 154 valence electrons. The first-order chi connectivity index (χ1) is 14.5. The third-order valence-electron chi connectivity index (χ3n) is 6.45. The highest BCUT2D eigenvalue weighted by Crippen LogP contribution is 2.42. The number of piperidine rings is 1. The number of ether oxygens (including phenoxy) is 1. The topological polar surface area (TPSA) is 29.5 Å². The molecule has 1 saturated heterocycles. The normalized spacial score (nSPS) is 18.4. The van der Waals surface area contributed by atoms with Crippen LogP contribution < -0.4 is 4.74 Å². The largest absolute Gasteiger partial charge is 0.485 e. The molecule has 30 heavy (non-hydrogen) atoms. The van der Waals surface area contributed by atoms with E-state index in [9.17, 15) is 13.6 Å². The molecule has 2 aliphatic heterocycles. The lowest BCUT2D eigenvalue weighted by Gasteiger charge is -2.44. The zero-order valence-electron chi connectivity index (χ0n) is 16.7. The summed E-state index contributed by atoms with van der Waals surface area (Å²) in [5.41, 5.74) is 1.02. The number of fused-ring (bicyclic) bond motifs is 3. The monoisotopic (exact) mass is 407 g/mol. The van der Waals surface area contributed by atoms with Gasteiger partial charge < -0.3 is 9.64 Å². The molecule has 3 nitrogen and oxygen atoms in total. The zero-order chi connectivity index (χ0) is 20.7. The summed E-state index contributed by atoms with van der Waals surface area (Å²) in [5.74, 6) is -0.743. The van der Waals surface area contributed by atoms with E-state index in [4.69, 9.17) is 4.74 Å². The number of hydrogen-bond acceptors (Lipinski definition) is 3. The van der Waals surface area contributed by atoms with Gasteiger partial charge in [-0.2, -0.15) is 0 Å². The Balaban J connectivity index is 1.28. The number of Topliss-reactive ketones (excluding diaryl/α,β-unsaturated/α-hetero) is 1. The van der Waals surface area contributed by atoms with Gasteiger partial charge in [0, 0.05) is 37.9 Å². The van der Waals surface area contributed by atoms with Crippen molar-refractivity contribution in [3.63, 3.8) is 0 Å².